The van der Waals surface area contributed by atoms with Crippen molar-refractivity contribution in [3.63, 3.8) is 0 Å². The highest BCUT2D eigenvalue weighted by Gasteiger charge is 2.20. The van der Waals surface area contributed by atoms with Crippen molar-refractivity contribution in [2.24, 2.45) is 11.7 Å². The van der Waals surface area contributed by atoms with Gasteiger partial charge < -0.3 is 20.6 Å². The van der Waals surface area contributed by atoms with Crippen LogP contribution in [0.1, 0.15) is 12.8 Å². The van der Waals surface area contributed by atoms with Crippen LogP contribution in [-0.4, -0.2) is 67.8 Å². The van der Waals surface area contributed by atoms with Crippen molar-refractivity contribution in [3.8, 4) is 0 Å². The Hall–Kier alpha value is -0.160. The molecule has 3 N–H and O–H groups in total. The quantitative estimate of drug-likeness (QED) is 0.654. The number of aliphatic hydroxyl groups excluding tert-OH is 1. The molecule has 1 atom stereocenters. The standard InChI is InChI=1S/C11H25N3O/c1-13(2)7-10-3-5-14(6-4-10)8-11(12)9-15/h10-11,15H,3-9,12H2,1-2H3. The SMILES string of the molecule is CN(C)CC1CCN(CC(N)CO)CC1. The maximum Gasteiger partial charge on any atom is 0.0595 e. The molecule has 0 spiro atoms. The number of rotatable bonds is 5. The Labute approximate surface area is 93.0 Å². The Morgan fingerprint density at radius 2 is 2.00 bits per heavy atom. The first-order chi connectivity index (χ1) is 7.11. The molecule has 0 aromatic rings. The highest BCUT2D eigenvalue weighted by atomic mass is 16.3. The summed E-state index contributed by atoms with van der Waals surface area (Å²) in [6.07, 6.45) is 2.52. The molecule has 1 aliphatic rings. The van der Waals surface area contributed by atoms with Crippen LogP contribution < -0.4 is 5.73 Å². The average Bonchev–Trinajstić information content (AvgIpc) is 2.20. The van der Waals surface area contributed by atoms with Crippen LogP contribution in [0.3, 0.4) is 0 Å². The van der Waals surface area contributed by atoms with E-state index in [-0.39, 0.29) is 12.6 Å². The third-order valence-electron chi connectivity index (χ3n) is 3.06. The first-order valence-corrected chi connectivity index (χ1v) is 5.85. The lowest BCUT2D eigenvalue weighted by Gasteiger charge is -2.34. The average molecular weight is 215 g/mol. The molecular formula is C11H25N3O. The van der Waals surface area contributed by atoms with E-state index in [2.05, 4.69) is 23.9 Å². The van der Waals surface area contributed by atoms with Gasteiger partial charge in [-0.05, 0) is 45.9 Å². The van der Waals surface area contributed by atoms with Gasteiger partial charge >= 0.3 is 0 Å². The van der Waals surface area contributed by atoms with E-state index in [1.165, 1.54) is 19.4 Å². The van der Waals surface area contributed by atoms with Crippen LogP contribution in [0.15, 0.2) is 0 Å². The number of aliphatic hydroxyl groups is 1. The van der Waals surface area contributed by atoms with Crippen LogP contribution in [0.25, 0.3) is 0 Å². The molecule has 1 heterocycles. The molecule has 1 rings (SSSR count). The Morgan fingerprint density at radius 1 is 1.40 bits per heavy atom. The molecule has 0 saturated carbocycles. The molecule has 1 aliphatic heterocycles. The number of nitrogens with two attached hydrogens (primary N) is 1. The van der Waals surface area contributed by atoms with Crippen LogP contribution in [-0.2, 0) is 0 Å². The first-order valence-electron chi connectivity index (χ1n) is 5.85. The van der Waals surface area contributed by atoms with Crippen LogP contribution in [0, 0.1) is 5.92 Å². The number of likely N-dealkylation sites (tertiary alicyclic amines) is 1. The summed E-state index contributed by atoms with van der Waals surface area (Å²) in [5.74, 6) is 0.835. The maximum absolute atomic E-state index is 8.88. The zero-order valence-electron chi connectivity index (χ0n) is 10.0. The Morgan fingerprint density at radius 3 is 2.47 bits per heavy atom. The summed E-state index contributed by atoms with van der Waals surface area (Å²) in [5, 5.41) is 8.88. The van der Waals surface area contributed by atoms with Crippen molar-refractivity contribution in [1.29, 1.82) is 0 Å². The predicted molar refractivity (Wildman–Crippen MR) is 62.8 cm³/mol. The summed E-state index contributed by atoms with van der Waals surface area (Å²) in [4.78, 5) is 4.63. The van der Waals surface area contributed by atoms with Crippen LogP contribution in [0.4, 0.5) is 0 Å². The molecule has 15 heavy (non-hydrogen) atoms. The summed E-state index contributed by atoms with van der Waals surface area (Å²) >= 11 is 0. The van der Waals surface area contributed by atoms with Gasteiger partial charge in [0.15, 0.2) is 0 Å². The van der Waals surface area contributed by atoms with Gasteiger partial charge in [0.25, 0.3) is 0 Å². The fourth-order valence-electron chi connectivity index (χ4n) is 2.26. The fourth-order valence-corrected chi connectivity index (χ4v) is 2.26. The lowest BCUT2D eigenvalue weighted by Crippen LogP contribution is -2.44. The molecule has 4 heteroatoms. The number of piperidine rings is 1. The van der Waals surface area contributed by atoms with E-state index in [0.717, 1.165) is 25.6 Å². The smallest absolute Gasteiger partial charge is 0.0595 e. The first kappa shape index (κ1) is 12.9. The lowest BCUT2D eigenvalue weighted by atomic mass is 9.96. The topological polar surface area (TPSA) is 52.7 Å². The summed E-state index contributed by atoms with van der Waals surface area (Å²) in [7, 11) is 4.27. The number of hydrogen-bond acceptors (Lipinski definition) is 4. The van der Waals surface area contributed by atoms with Gasteiger partial charge in [0.1, 0.15) is 0 Å². The van der Waals surface area contributed by atoms with E-state index in [1.54, 1.807) is 0 Å². The third-order valence-corrected chi connectivity index (χ3v) is 3.06. The number of hydrogen-bond donors (Lipinski definition) is 2. The van der Waals surface area contributed by atoms with Crippen molar-refractivity contribution < 1.29 is 5.11 Å². The van der Waals surface area contributed by atoms with Crippen LogP contribution >= 0.6 is 0 Å². The molecule has 1 unspecified atom stereocenters. The summed E-state index contributed by atoms with van der Waals surface area (Å²) in [5.41, 5.74) is 5.72. The minimum atomic E-state index is -0.0737. The van der Waals surface area contributed by atoms with E-state index in [1.807, 2.05) is 0 Å². The molecule has 0 bridgehead atoms. The zero-order valence-corrected chi connectivity index (χ0v) is 10.0. The van der Waals surface area contributed by atoms with Gasteiger partial charge in [0, 0.05) is 19.1 Å². The zero-order chi connectivity index (χ0) is 11.3. The molecule has 1 saturated heterocycles. The molecule has 0 aromatic carbocycles. The van der Waals surface area contributed by atoms with E-state index < -0.39 is 0 Å². The Bertz CT molecular complexity index is 167. The van der Waals surface area contributed by atoms with Crippen molar-refractivity contribution >= 4 is 0 Å². The van der Waals surface area contributed by atoms with E-state index in [4.69, 9.17) is 10.8 Å². The molecule has 0 radical (unpaired) electrons. The van der Waals surface area contributed by atoms with Crippen molar-refractivity contribution in [2.75, 3.05) is 46.9 Å². The monoisotopic (exact) mass is 215 g/mol. The second-order valence-corrected chi connectivity index (χ2v) is 4.95. The second-order valence-electron chi connectivity index (χ2n) is 4.95. The van der Waals surface area contributed by atoms with Crippen molar-refractivity contribution in [1.82, 2.24) is 9.80 Å². The maximum atomic E-state index is 8.88. The van der Waals surface area contributed by atoms with Gasteiger partial charge in [-0.25, -0.2) is 0 Å². The molecule has 90 valence electrons. The molecule has 0 amide bonds. The van der Waals surface area contributed by atoms with E-state index in [9.17, 15) is 0 Å². The summed E-state index contributed by atoms with van der Waals surface area (Å²) in [6.45, 7) is 4.39. The van der Waals surface area contributed by atoms with E-state index in [0.29, 0.717) is 0 Å². The Balaban J connectivity index is 2.18. The normalized spacial score (nSPS) is 22.2. The van der Waals surface area contributed by atoms with Crippen molar-refractivity contribution in [2.45, 2.75) is 18.9 Å². The van der Waals surface area contributed by atoms with E-state index >= 15 is 0 Å². The molecule has 1 fully saturated rings. The van der Waals surface area contributed by atoms with Gasteiger partial charge in [0.2, 0.25) is 0 Å². The predicted octanol–water partition coefficient (Wildman–Crippen LogP) is -0.420. The van der Waals surface area contributed by atoms with Gasteiger partial charge in [-0.3, -0.25) is 0 Å². The van der Waals surface area contributed by atoms with Crippen LogP contribution in [0.2, 0.25) is 0 Å². The lowest BCUT2D eigenvalue weighted by molar-refractivity contribution is 0.141. The minimum absolute atomic E-state index is 0.0737. The van der Waals surface area contributed by atoms with Gasteiger partial charge in [-0.2, -0.15) is 0 Å². The molecular weight excluding hydrogens is 190 g/mol. The molecule has 0 aliphatic carbocycles. The summed E-state index contributed by atoms with van der Waals surface area (Å²) < 4.78 is 0. The highest BCUT2D eigenvalue weighted by molar-refractivity contribution is 4.76. The molecule has 0 aromatic heterocycles. The fraction of sp³-hybridized carbons (Fsp3) is 1.00. The summed E-state index contributed by atoms with van der Waals surface area (Å²) in [6, 6.07) is -0.0737. The largest absolute Gasteiger partial charge is 0.395 e. The van der Waals surface area contributed by atoms with Crippen molar-refractivity contribution in [3.05, 3.63) is 0 Å². The highest BCUT2D eigenvalue weighted by Crippen LogP contribution is 2.17. The van der Waals surface area contributed by atoms with Gasteiger partial charge in [-0.1, -0.05) is 0 Å². The third kappa shape index (κ3) is 4.93. The van der Waals surface area contributed by atoms with Gasteiger partial charge in [-0.15, -0.1) is 0 Å². The second kappa shape index (κ2) is 6.43. The molecule has 4 nitrogen and oxygen atoms in total. The van der Waals surface area contributed by atoms with Gasteiger partial charge in [0.05, 0.1) is 6.61 Å². The minimum Gasteiger partial charge on any atom is -0.395 e. The van der Waals surface area contributed by atoms with Crippen LogP contribution in [0.5, 0.6) is 0 Å². The number of nitrogens with zero attached hydrogens (tertiary/aromatic N) is 2. The Kier molecular flexibility index (Phi) is 5.53.